The van der Waals surface area contributed by atoms with Gasteiger partial charge in [0.25, 0.3) is 6.43 Å². The maximum atomic E-state index is 12.9. The number of nitrogens with zero attached hydrogens (tertiary/aromatic N) is 2. The maximum Gasteiger partial charge on any atom is 0.367 e. The van der Waals surface area contributed by atoms with Crippen LogP contribution in [-0.2, 0) is 0 Å². The fourth-order valence-electron chi connectivity index (χ4n) is 0.771. The molecule has 76 valence electrons. The molecular formula is C6H2F3IN2O2. The summed E-state index contributed by atoms with van der Waals surface area (Å²) in [5.41, 5.74) is -0.906. The van der Waals surface area contributed by atoms with Crippen LogP contribution in [0, 0.1) is 19.6 Å². The van der Waals surface area contributed by atoms with Gasteiger partial charge in [-0.05, 0) is 9.91 Å². The molecule has 1 aromatic heterocycles. The van der Waals surface area contributed by atoms with Crippen LogP contribution in [0.4, 0.5) is 19.0 Å². The number of halogens is 4. The van der Waals surface area contributed by atoms with Crippen molar-refractivity contribution in [1.82, 2.24) is 4.98 Å². The summed E-state index contributed by atoms with van der Waals surface area (Å²) in [6, 6.07) is 0.379. The van der Waals surface area contributed by atoms with Gasteiger partial charge in [-0.15, -0.1) is 0 Å². The highest BCUT2D eigenvalue weighted by molar-refractivity contribution is 14.1. The van der Waals surface area contributed by atoms with Crippen molar-refractivity contribution in [2.24, 2.45) is 0 Å². The van der Waals surface area contributed by atoms with Crippen LogP contribution in [0.2, 0.25) is 0 Å². The second-order valence-corrected chi connectivity index (χ2v) is 3.25. The van der Waals surface area contributed by atoms with Crippen LogP contribution >= 0.6 is 22.6 Å². The SMILES string of the molecule is O=[N+]([O-])c1cc(F)c(C(F)F)c(I)n1. The largest absolute Gasteiger partial charge is 0.367 e. The fraction of sp³-hybridized carbons (Fsp3) is 0.167. The minimum atomic E-state index is -3.03. The first-order valence-corrected chi connectivity index (χ1v) is 4.30. The summed E-state index contributed by atoms with van der Waals surface area (Å²) >= 11 is 1.32. The molecule has 14 heavy (non-hydrogen) atoms. The summed E-state index contributed by atoms with van der Waals surface area (Å²) in [5.74, 6) is -2.10. The van der Waals surface area contributed by atoms with E-state index >= 15 is 0 Å². The monoisotopic (exact) mass is 318 g/mol. The van der Waals surface area contributed by atoms with Gasteiger partial charge >= 0.3 is 5.82 Å². The topological polar surface area (TPSA) is 56.0 Å². The Balaban J connectivity index is 3.32. The van der Waals surface area contributed by atoms with Gasteiger partial charge in [-0.3, -0.25) is 0 Å². The van der Waals surface area contributed by atoms with E-state index in [-0.39, 0.29) is 0 Å². The van der Waals surface area contributed by atoms with Gasteiger partial charge in [0, 0.05) is 22.6 Å². The molecule has 0 aliphatic heterocycles. The third-order valence-corrected chi connectivity index (χ3v) is 2.18. The van der Waals surface area contributed by atoms with Crippen molar-refractivity contribution in [3.05, 3.63) is 31.3 Å². The molecule has 0 fully saturated rings. The molecule has 1 aromatic rings. The highest BCUT2D eigenvalue weighted by Crippen LogP contribution is 2.28. The van der Waals surface area contributed by atoms with Crippen molar-refractivity contribution in [1.29, 1.82) is 0 Å². The fourth-order valence-corrected chi connectivity index (χ4v) is 1.51. The highest BCUT2D eigenvalue weighted by atomic mass is 127. The summed E-state index contributed by atoms with van der Waals surface area (Å²) in [6.45, 7) is 0. The molecule has 0 radical (unpaired) electrons. The quantitative estimate of drug-likeness (QED) is 0.365. The normalized spacial score (nSPS) is 10.6. The Morgan fingerprint density at radius 1 is 1.57 bits per heavy atom. The number of aromatic nitrogens is 1. The van der Waals surface area contributed by atoms with Gasteiger partial charge in [-0.1, -0.05) is 0 Å². The van der Waals surface area contributed by atoms with E-state index in [0.717, 1.165) is 0 Å². The van der Waals surface area contributed by atoms with Crippen molar-refractivity contribution < 1.29 is 18.1 Å². The second kappa shape index (κ2) is 4.07. The van der Waals surface area contributed by atoms with Crippen LogP contribution < -0.4 is 0 Å². The van der Waals surface area contributed by atoms with E-state index in [4.69, 9.17) is 0 Å². The Morgan fingerprint density at radius 2 is 2.14 bits per heavy atom. The molecule has 1 heterocycles. The molecule has 0 saturated heterocycles. The molecule has 0 spiro atoms. The average Bonchev–Trinajstić information content (AvgIpc) is 2.01. The molecule has 0 aliphatic rings. The third kappa shape index (κ3) is 2.11. The zero-order valence-electron chi connectivity index (χ0n) is 6.38. The lowest BCUT2D eigenvalue weighted by Crippen LogP contribution is -2.02. The van der Waals surface area contributed by atoms with E-state index in [2.05, 4.69) is 4.98 Å². The predicted octanol–water partition coefficient (Wildman–Crippen LogP) is 2.67. The zero-order valence-corrected chi connectivity index (χ0v) is 8.53. The second-order valence-electron chi connectivity index (χ2n) is 2.22. The van der Waals surface area contributed by atoms with Crippen molar-refractivity contribution in [2.45, 2.75) is 6.43 Å². The van der Waals surface area contributed by atoms with Gasteiger partial charge in [-0.25, -0.2) is 13.2 Å². The third-order valence-electron chi connectivity index (χ3n) is 1.35. The molecule has 0 saturated carbocycles. The number of rotatable bonds is 2. The minimum Gasteiger partial charge on any atom is -0.358 e. The summed E-state index contributed by atoms with van der Waals surface area (Å²) in [5, 5.41) is 10.2. The predicted molar refractivity (Wildman–Crippen MR) is 48.5 cm³/mol. The number of nitro groups is 1. The van der Waals surface area contributed by atoms with E-state index in [1.807, 2.05) is 0 Å². The first kappa shape index (κ1) is 11.1. The first-order chi connectivity index (χ1) is 6.43. The van der Waals surface area contributed by atoms with Crippen LogP contribution in [-0.4, -0.2) is 9.91 Å². The summed E-state index contributed by atoms with van der Waals surface area (Å²) in [6.07, 6.45) is -3.03. The van der Waals surface area contributed by atoms with E-state index < -0.39 is 32.2 Å². The lowest BCUT2D eigenvalue weighted by Gasteiger charge is -2.00. The van der Waals surface area contributed by atoms with Gasteiger partial charge in [0.15, 0.2) is 0 Å². The van der Waals surface area contributed by atoms with Crippen molar-refractivity contribution in [3.63, 3.8) is 0 Å². The van der Waals surface area contributed by atoms with Crippen molar-refractivity contribution in [3.8, 4) is 0 Å². The molecule has 0 bridgehead atoms. The molecule has 0 atom stereocenters. The van der Waals surface area contributed by atoms with Gasteiger partial charge in [0.2, 0.25) is 3.70 Å². The molecule has 1 rings (SSSR count). The van der Waals surface area contributed by atoms with Crippen LogP contribution in [0.3, 0.4) is 0 Å². The van der Waals surface area contributed by atoms with Gasteiger partial charge < -0.3 is 10.1 Å². The number of pyridine rings is 1. The van der Waals surface area contributed by atoms with Crippen LogP contribution in [0.5, 0.6) is 0 Å². The Morgan fingerprint density at radius 3 is 2.50 bits per heavy atom. The molecular weight excluding hydrogens is 316 g/mol. The van der Waals surface area contributed by atoms with E-state index in [1.165, 1.54) is 22.6 Å². The van der Waals surface area contributed by atoms with Gasteiger partial charge in [0.05, 0.1) is 6.07 Å². The van der Waals surface area contributed by atoms with Gasteiger partial charge in [0.1, 0.15) is 11.4 Å². The average molecular weight is 318 g/mol. The Bertz CT molecular complexity index is 362. The molecule has 0 aromatic carbocycles. The van der Waals surface area contributed by atoms with Crippen molar-refractivity contribution >= 4 is 28.4 Å². The van der Waals surface area contributed by atoms with Crippen LogP contribution in [0.15, 0.2) is 6.07 Å². The molecule has 4 nitrogen and oxygen atoms in total. The lowest BCUT2D eigenvalue weighted by molar-refractivity contribution is -0.389. The van der Waals surface area contributed by atoms with Gasteiger partial charge in [-0.2, -0.15) is 0 Å². The summed E-state index contributed by atoms with van der Waals surface area (Å²) in [4.78, 5) is 12.5. The molecule has 0 N–H and O–H groups in total. The first-order valence-electron chi connectivity index (χ1n) is 3.22. The smallest absolute Gasteiger partial charge is 0.358 e. The van der Waals surface area contributed by atoms with E-state index in [0.29, 0.717) is 6.07 Å². The Hall–Kier alpha value is -0.930. The standard InChI is InChI=1S/C6H2F3IN2O2/c7-2-1-3(12(13)14)11-6(10)4(2)5(8)9/h1,5H. The van der Waals surface area contributed by atoms with E-state index in [9.17, 15) is 23.3 Å². The maximum absolute atomic E-state index is 12.9. The Kier molecular flexibility index (Phi) is 3.24. The molecule has 0 unspecified atom stereocenters. The zero-order chi connectivity index (χ0) is 10.9. The summed E-state index contributed by atoms with van der Waals surface area (Å²) < 4.78 is 36.8. The summed E-state index contributed by atoms with van der Waals surface area (Å²) in [7, 11) is 0. The number of alkyl halides is 2. The number of hydrogen-bond acceptors (Lipinski definition) is 3. The van der Waals surface area contributed by atoms with Crippen molar-refractivity contribution in [2.75, 3.05) is 0 Å². The molecule has 8 heteroatoms. The van der Waals surface area contributed by atoms with Crippen LogP contribution in [0.25, 0.3) is 0 Å². The Labute approximate surface area is 89.4 Å². The highest BCUT2D eigenvalue weighted by Gasteiger charge is 2.25. The molecule has 0 amide bonds. The van der Waals surface area contributed by atoms with E-state index in [1.54, 1.807) is 0 Å². The molecule has 0 aliphatic carbocycles. The number of hydrogen-bond donors (Lipinski definition) is 0. The minimum absolute atomic E-state index is 0.379. The lowest BCUT2D eigenvalue weighted by atomic mass is 10.3. The van der Waals surface area contributed by atoms with Crippen LogP contribution in [0.1, 0.15) is 12.0 Å².